The highest BCUT2D eigenvalue weighted by atomic mass is 16.1. The topological polar surface area (TPSA) is 72.2 Å². The molecule has 0 unspecified atom stereocenters. The van der Waals surface area contributed by atoms with E-state index in [9.17, 15) is 9.59 Å². The van der Waals surface area contributed by atoms with Crippen molar-refractivity contribution in [3.8, 4) is 0 Å². The third kappa shape index (κ3) is 6.14. The minimum atomic E-state index is -0.424. The maximum atomic E-state index is 11.0. The summed E-state index contributed by atoms with van der Waals surface area (Å²) in [6, 6.07) is -0.568. The van der Waals surface area contributed by atoms with Crippen molar-refractivity contribution in [3.63, 3.8) is 0 Å². The van der Waals surface area contributed by atoms with Crippen molar-refractivity contribution < 1.29 is 9.59 Å². The van der Waals surface area contributed by atoms with E-state index in [4.69, 9.17) is 5.73 Å². The molecule has 0 aliphatic carbocycles. The normalized spacial score (nSPS) is 15.2. The fourth-order valence-electron chi connectivity index (χ4n) is 1.13. The number of hydrogen-bond donors (Lipinski definition) is 2. The smallest absolute Gasteiger partial charge is 0.146 e. The van der Waals surface area contributed by atoms with E-state index < -0.39 is 6.04 Å². The van der Waals surface area contributed by atoms with E-state index in [1.54, 1.807) is 14.0 Å². The van der Waals surface area contributed by atoms with Crippen LogP contribution in [0.4, 0.5) is 0 Å². The van der Waals surface area contributed by atoms with Crippen LogP contribution < -0.4 is 11.1 Å². The zero-order valence-corrected chi connectivity index (χ0v) is 9.62. The summed E-state index contributed by atoms with van der Waals surface area (Å²) in [5, 5.41) is 2.91. The first-order valence-electron chi connectivity index (χ1n) is 5.07. The van der Waals surface area contributed by atoms with Gasteiger partial charge in [-0.1, -0.05) is 12.2 Å². The standard InChI is InChI=1S/C11H20N2O2/c1-8(14)10(12)6-4-5-7-11(13-3)9(2)15/h4-5,10-11,13H,6-7,12H2,1-3H3/b5-4+/t10-,11+/m0/s1. The van der Waals surface area contributed by atoms with Crippen LogP contribution >= 0.6 is 0 Å². The number of nitrogens with one attached hydrogen (secondary N) is 1. The van der Waals surface area contributed by atoms with Crippen LogP contribution in [0.15, 0.2) is 12.2 Å². The van der Waals surface area contributed by atoms with E-state index >= 15 is 0 Å². The van der Waals surface area contributed by atoms with Crippen LogP contribution in [-0.4, -0.2) is 30.7 Å². The number of carbonyl (C=O) groups excluding carboxylic acids is 2. The molecule has 4 heteroatoms. The Balaban J connectivity index is 3.88. The molecule has 0 amide bonds. The largest absolute Gasteiger partial charge is 0.321 e. The van der Waals surface area contributed by atoms with Gasteiger partial charge in [0.2, 0.25) is 0 Å². The summed E-state index contributed by atoms with van der Waals surface area (Å²) in [6.07, 6.45) is 4.89. The van der Waals surface area contributed by atoms with Crippen LogP contribution in [0, 0.1) is 0 Å². The Hall–Kier alpha value is -1.00. The summed E-state index contributed by atoms with van der Waals surface area (Å²) in [7, 11) is 1.75. The number of ketones is 2. The fourth-order valence-corrected chi connectivity index (χ4v) is 1.13. The molecule has 0 aliphatic rings. The van der Waals surface area contributed by atoms with Gasteiger partial charge in [-0.15, -0.1) is 0 Å². The molecular weight excluding hydrogens is 192 g/mol. The molecule has 2 atom stereocenters. The molecular formula is C11H20N2O2. The summed E-state index contributed by atoms with van der Waals surface area (Å²) >= 11 is 0. The minimum Gasteiger partial charge on any atom is -0.321 e. The van der Waals surface area contributed by atoms with Gasteiger partial charge in [0.1, 0.15) is 11.6 Å². The molecule has 0 spiro atoms. The number of rotatable bonds is 7. The highest BCUT2D eigenvalue weighted by Crippen LogP contribution is 1.98. The summed E-state index contributed by atoms with van der Waals surface area (Å²) in [5.41, 5.74) is 5.54. The number of hydrogen-bond acceptors (Lipinski definition) is 4. The zero-order valence-electron chi connectivity index (χ0n) is 9.62. The molecule has 0 bridgehead atoms. The van der Waals surface area contributed by atoms with E-state index in [0.717, 1.165) is 0 Å². The number of carbonyl (C=O) groups is 2. The summed E-state index contributed by atoms with van der Waals surface area (Å²) in [6.45, 7) is 3.03. The predicted molar refractivity (Wildman–Crippen MR) is 60.6 cm³/mol. The molecule has 0 aliphatic heterocycles. The van der Waals surface area contributed by atoms with Crippen molar-refractivity contribution in [1.29, 1.82) is 0 Å². The monoisotopic (exact) mass is 212 g/mol. The number of Topliss-reactive ketones (excluding diaryl/α,β-unsaturated/α-hetero) is 2. The Morgan fingerprint density at radius 2 is 1.73 bits per heavy atom. The van der Waals surface area contributed by atoms with Gasteiger partial charge in [-0.2, -0.15) is 0 Å². The molecule has 0 rings (SSSR count). The van der Waals surface area contributed by atoms with Gasteiger partial charge in [-0.05, 0) is 33.7 Å². The van der Waals surface area contributed by atoms with Gasteiger partial charge in [-0.25, -0.2) is 0 Å². The van der Waals surface area contributed by atoms with Crippen molar-refractivity contribution in [3.05, 3.63) is 12.2 Å². The van der Waals surface area contributed by atoms with E-state index in [-0.39, 0.29) is 17.6 Å². The van der Waals surface area contributed by atoms with Crippen LogP contribution in [0.1, 0.15) is 26.7 Å². The lowest BCUT2D eigenvalue weighted by atomic mass is 10.1. The Morgan fingerprint density at radius 1 is 1.20 bits per heavy atom. The zero-order chi connectivity index (χ0) is 11.8. The molecule has 15 heavy (non-hydrogen) atoms. The molecule has 3 N–H and O–H groups in total. The fraction of sp³-hybridized carbons (Fsp3) is 0.636. The second-order valence-electron chi connectivity index (χ2n) is 3.61. The molecule has 0 fully saturated rings. The van der Waals surface area contributed by atoms with Gasteiger partial charge in [0.25, 0.3) is 0 Å². The van der Waals surface area contributed by atoms with Crippen LogP contribution in [0.2, 0.25) is 0 Å². The molecule has 0 aromatic carbocycles. The van der Waals surface area contributed by atoms with E-state index in [2.05, 4.69) is 5.32 Å². The van der Waals surface area contributed by atoms with Crippen molar-refractivity contribution in [2.24, 2.45) is 5.73 Å². The third-order valence-electron chi connectivity index (χ3n) is 2.29. The minimum absolute atomic E-state index is 0.0172. The van der Waals surface area contributed by atoms with Gasteiger partial charge >= 0.3 is 0 Å². The lowest BCUT2D eigenvalue weighted by Gasteiger charge is -2.09. The molecule has 0 radical (unpaired) electrons. The van der Waals surface area contributed by atoms with Gasteiger partial charge < -0.3 is 11.1 Å². The quantitative estimate of drug-likeness (QED) is 0.600. The molecule has 0 saturated carbocycles. The molecule has 0 aromatic rings. The van der Waals surface area contributed by atoms with Gasteiger partial charge in [0.15, 0.2) is 0 Å². The Labute approximate surface area is 90.9 Å². The SMILES string of the molecule is CN[C@H](C/C=C/C[C@H](N)C(C)=O)C(C)=O. The summed E-state index contributed by atoms with van der Waals surface area (Å²) in [4.78, 5) is 21.8. The van der Waals surface area contributed by atoms with Gasteiger partial charge in [0.05, 0.1) is 12.1 Å². The lowest BCUT2D eigenvalue weighted by molar-refractivity contribution is -0.119. The molecule has 0 saturated heterocycles. The van der Waals surface area contributed by atoms with Crippen molar-refractivity contribution in [2.75, 3.05) is 7.05 Å². The lowest BCUT2D eigenvalue weighted by Crippen LogP contribution is -2.31. The highest BCUT2D eigenvalue weighted by Gasteiger charge is 2.09. The number of likely N-dealkylation sites (N-methyl/N-ethyl adjacent to an activating group) is 1. The van der Waals surface area contributed by atoms with Crippen LogP contribution in [0.5, 0.6) is 0 Å². The van der Waals surface area contributed by atoms with Crippen LogP contribution in [0.3, 0.4) is 0 Å². The second-order valence-corrected chi connectivity index (χ2v) is 3.61. The van der Waals surface area contributed by atoms with Gasteiger partial charge in [-0.3, -0.25) is 9.59 Å². The Bertz CT molecular complexity index is 249. The Morgan fingerprint density at radius 3 is 2.13 bits per heavy atom. The van der Waals surface area contributed by atoms with Crippen LogP contribution in [0.25, 0.3) is 0 Å². The molecule has 0 aromatic heterocycles. The van der Waals surface area contributed by atoms with Crippen molar-refractivity contribution in [1.82, 2.24) is 5.32 Å². The van der Waals surface area contributed by atoms with E-state index in [0.29, 0.717) is 12.8 Å². The predicted octanol–water partition coefficient (Wildman–Crippen LogP) is 0.416. The maximum absolute atomic E-state index is 11.0. The van der Waals surface area contributed by atoms with Crippen LogP contribution in [-0.2, 0) is 9.59 Å². The first-order valence-corrected chi connectivity index (χ1v) is 5.07. The third-order valence-corrected chi connectivity index (χ3v) is 2.29. The summed E-state index contributed by atoms with van der Waals surface area (Å²) in [5.74, 6) is 0.0920. The van der Waals surface area contributed by atoms with E-state index in [1.807, 2.05) is 12.2 Å². The average Bonchev–Trinajstić information content (AvgIpc) is 2.16. The molecule has 4 nitrogen and oxygen atoms in total. The number of nitrogens with two attached hydrogens (primary N) is 1. The molecule has 0 heterocycles. The molecule has 86 valence electrons. The van der Waals surface area contributed by atoms with Gasteiger partial charge in [0, 0.05) is 0 Å². The highest BCUT2D eigenvalue weighted by molar-refractivity contribution is 5.82. The van der Waals surface area contributed by atoms with Crippen molar-refractivity contribution >= 4 is 11.6 Å². The summed E-state index contributed by atoms with van der Waals surface area (Å²) < 4.78 is 0. The van der Waals surface area contributed by atoms with Crippen molar-refractivity contribution in [2.45, 2.75) is 38.8 Å². The first-order chi connectivity index (χ1) is 6.99. The Kier molecular flexibility index (Phi) is 6.83. The average molecular weight is 212 g/mol. The first kappa shape index (κ1) is 14.0. The van der Waals surface area contributed by atoms with E-state index in [1.165, 1.54) is 6.92 Å². The maximum Gasteiger partial charge on any atom is 0.146 e. The second kappa shape index (κ2) is 7.31.